The van der Waals surface area contributed by atoms with E-state index in [1.54, 1.807) is 0 Å². The molecule has 2 rings (SSSR count). The predicted molar refractivity (Wildman–Crippen MR) is 67.5 cm³/mol. The standard InChI is InChI=1S/C12H15NO5S/c1-12(7-18-8-12)6-13-19(16,17)10-4-2-9(3-5-10)11(14)15/h2-5,13H,6-8H2,1H3,(H,14,15). The second kappa shape index (κ2) is 4.92. The average molecular weight is 285 g/mol. The number of sulfonamides is 1. The minimum Gasteiger partial charge on any atom is -0.478 e. The van der Waals surface area contributed by atoms with Crippen LogP contribution >= 0.6 is 0 Å². The van der Waals surface area contributed by atoms with Crippen LogP contribution in [-0.4, -0.2) is 39.3 Å². The van der Waals surface area contributed by atoms with Gasteiger partial charge in [-0.15, -0.1) is 0 Å². The van der Waals surface area contributed by atoms with Crippen LogP contribution in [-0.2, 0) is 14.8 Å². The third-order valence-electron chi connectivity index (χ3n) is 3.00. The van der Waals surface area contributed by atoms with Crippen LogP contribution in [0.3, 0.4) is 0 Å². The number of hydrogen-bond donors (Lipinski definition) is 2. The highest BCUT2D eigenvalue weighted by molar-refractivity contribution is 7.89. The molecule has 0 aromatic heterocycles. The van der Waals surface area contributed by atoms with Gasteiger partial charge in [0.25, 0.3) is 0 Å². The first-order valence-corrected chi connectivity index (χ1v) is 7.22. The van der Waals surface area contributed by atoms with Gasteiger partial charge in [-0.25, -0.2) is 17.9 Å². The summed E-state index contributed by atoms with van der Waals surface area (Å²) in [6.07, 6.45) is 0. The van der Waals surface area contributed by atoms with E-state index in [0.29, 0.717) is 19.8 Å². The highest BCUT2D eigenvalue weighted by Crippen LogP contribution is 2.25. The number of ether oxygens (including phenoxy) is 1. The van der Waals surface area contributed by atoms with Gasteiger partial charge in [0, 0.05) is 12.0 Å². The van der Waals surface area contributed by atoms with Crippen LogP contribution in [0.1, 0.15) is 17.3 Å². The molecule has 0 bridgehead atoms. The first kappa shape index (κ1) is 14.0. The van der Waals surface area contributed by atoms with Crippen molar-refractivity contribution in [3.05, 3.63) is 29.8 Å². The van der Waals surface area contributed by atoms with Crippen LogP contribution in [0.5, 0.6) is 0 Å². The van der Waals surface area contributed by atoms with E-state index in [4.69, 9.17) is 9.84 Å². The molecule has 1 aliphatic rings. The highest BCUT2D eigenvalue weighted by atomic mass is 32.2. The molecule has 0 aliphatic carbocycles. The average Bonchev–Trinajstić information content (AvgIpc) is 2.34. The summed E-state index contributed by atoms with van der Waals surface area (Å²) in [4.78, 5) is 10.7. The molecule has 2 N–H and O–H groups in total. The first-order chi connectivity index (χ1) is 8.82. The summed E-state index contributed by atoms with van der Waals surface area (Å²) in [5.41, 5.74) is -0.105. The summed E-state index contributed by atoms with van der Waals surface area (Å²) >= 11 is 0. The second-order valence-corrected chi connectivity index (χ2v) is 6.72. The van der Waals surface area contributed by atoms with E-state index in [-0.39, 0.29) is 15.9 Å². The molecule has 0 saturated carbocycles. The molecule has 104 valence electrons. The zero-order valence-corrected chi connectivity index (χ0v) is 11.2. The molecule has 1 aliphatic heterocycles. The van der Waals surface area contributed by atoms with Gasteiger partial charge < -0.3 is 9.84 Å². The zero-order chi connectivity index (χ0) is 14.1. The maximum atomic E-state index is 12.0. The molecule has 19 heavy (non-hydrogen) atoms. The van der Waals surface area contributed by atoms with Crippen molar-refractivity contribution in [3.8, 4) is 0 Å². The quantitative estimate of drug-likeness (QED) is 0.830. The van der Waals surface area contributed by atoms with Crippen molar-refractivity contribution in [2.24, 2.45) is 5.41 Å². The first-order valence-electron chi connectivity index (χ1n) is 5.73. The molecule has 0 radical (unpaired) electrons. The molecular weight excluding hydrogens is 270 g/mol. The van der Waals surface area contributed by atoms with Crippen LogP contribution in [0, 0.1) is 5.41 Å². The van der Waals surface area contributed by atoms with E-state index in [1.807, 2.05) is 6.92 Å². The SMILES string of the molecule is CC1(CNS(=O)(=O)c2ccc(C(=O)O)cc2)COC1. The van der Waals surface area contributed by atoms with E-state index in [2.05, 4.69) is 4.72 Å². The fourth-order valence-electron chi connectivity index (χ4n) is 1.68. The topological polar surface area (TPSA) is 92.7 Å². The Hall–Kier alpha value is -1.44. The van der Waals surface area contributed by atoms with Gasteiger partial charge in [0.05, 0.1) is 23.7 Å². The molecule has 1 fully saturated rings. The Morgan fingerprint density at radius 2 is 1.95 bits per heavy atom. The minimum absolute atomic E-state index is 0.0540. The van der Waals surface area contributed by atoms with Crippen LogP contribution in [0.25, 0.3) is 0 Å². The molecular formula is C12H15NO5S. The second-order valence-electron chi connectivity index (χ2n) is 4.96. The van der Waals surface area contributed by atoms with E-state index in [0.717, 1.165) is 0 Å². The number of carboxylic acids is 1. The Morgan fingerprint density at radius 3 is 2.37 bits per heavy atom. The summed E-state index contributed by atoms with van der Waals surface area (Å²) in [5, 5.41) is 8.75. The maximum absolute atomic E-state index is 12.0. The van der Waals surface area contributed by atoms with Crippen LogP contribution < -0.4 is 4.72 Å². The van der Waals surface area contributed by atoms with Gasteiger partial charge >= 0.3 is 5.97 Å². The number of hydrogen-bond acceptors (Lipinski definition) is 4. The Morgan fingerprint density at radius 1 is 1.37 bits per heavy atom. The molecule has 1 aromatic carbocycles. The Labute approximate surface area is 111 Å². The van der Waals surface area contributed by atoms with Crippen molar-refractivity contribution in [2.75, 3.05) is 19.8 Å². The smallest absolute Gasteiger partial charge is 0.335 e. The van der Waals surface area contributed by atoms with Gasteiger partial charge in [-0.3, -0.25) is 0 Å². The lowest BCUT2D eigenvalue weighted by atomic mass is 9.89. The number of carbonyl (C=O) groups is 1. The Bertz CT molecular complexity index is 575. The minimum atomic E-state index is -3.61. The normalized spacial score (nSPS) is 17.7. The molecule has 0 amide bonds. The summed E-state index contributed by atoms with van der Waals surface area (Å²) in [6, 6.07) is 5.10. The van der Waals surface area contributed by atoms with Crippen LogP contribution in [0.15, 0.2) is 29.2 Å². The number of carboxylic acid groups (broad SMARTS) is 1. The van der Waals surface area contributed by atoms with Crippen LogP contribution in [0.4, 0.5) is 0 Å². The van der Waals surface area contributed by atoms with Crippen molar-refractivity contribution in [3.63, 3.8) is 0 Å². The van der Waals surface area contributed by atoms with Gasteiger partial charge in [0.15, 0.2) is 0 Å². The van der Waals surface area contributed by atoms with Gasteiger partial charge in [0.2, 0.25) is 10.0 Å². The zero-order valence-electron chi connectivity index (χ0n) is 10.4. The van der Waals surface area contributed by atoms with Crippen molar-refractivity contribution in [1.82, 2.24) is 4.72 Å². The molecule has 1 saturated heterocycles. The maximum Gasteiger partial charge on any atom is 0.335 e. The van der Waals surface area contributed by atoms with Crippen LogP contribution in [0.2, 0.25) is 0 Å². The molecule has 6 nitrogen and oxygen atoms in total. The molecule has 1 heterocycles. The predicted octanol–water partition coefficient (Wildman–Crippen LogP) is 0.700. The third kappa shape index (κ3) is 3.12. The largest absolute Gasteiger partial charge is 0.478 e. The van der Waals surface area contributed by atoms with Gasteiger partial charge in [0.1, 0.15) is 0 Å². The molecule has 1 aromatic rings. The summed E-state index contributed by atoms with van der Waals surface area (Å²) < 4.78 is 31.6. The molecule has 0 unspecified atom stereocenters. The van der Waals surface area contributed by atoms with Crippen molar-refractivity contribution in [1.29, 1.82) is 0 Å². The van der Waals surface area contributed by atoms with E-state index >= 15 is 0 Å². The Balaban J connectivity index is 2.08. The van der Waals surface area contributed by atoms with E-state index < -0.39 is 16.0 Å². The van der Waals surface area contributed by atoms with E-state index in [9.17, 15) is 13.2 Å². The lowest BCUT2D eigenvalue weighted by Gasteiger charge is -2.37. The van der Waals surface area contributed by atoms with Gasteiger partial charge in [-0.1, -0.05) is 6.92 Å². The lowest BCUT2D eigenvalue weighted by Crippen LogP contribution is -2.48. The van der Waals surface area contributed by atoms with Gasteiger partial charge in [-0.2, -0.15) is 0 Å². The van der Waals surface area contributed by atoms with Crippen molar-refractivity contribution >= 4 is 16.0 Å². The van der Waals surface area contributed by atoms with Gasteiger partial charge in [-0.05, 0) is 24.3 Å². The molecule has 7 heteroatoms. The summed E-state index contributed by atoms with van der Waals surface area (Å²) in [6.45, 7) is 3.31. The molecule has 0 spiro atoms. The fourth-order valence-corrected chi connectivity index (χ4v) is 2.88. The van der Waals surface area contributed by atoms with Crippen molar-refractivity contribution in [2.45, 2.75) is 11.8 Å². The number of rotatable bonds is 5. The van der Waals surface area contributed by atoms with E-state index in [1.165, 1.54) is 24.3 Å². The highest BCUT2D eigenvalue weighted by Gasteiger charge is 2.34. The monoisotopic (exact) mass is 285 g/mol. The Kier molecular flexibility index (Phi) is 3.62. The third-order valence-corrected chi connectivity index (χ3v) is 4.42. The summed E-state index contributed by atoms with van der Waals surface area (Å²) in [5.74, 6) is -1.09. The van der Waals surface area contributed by atoms with Crippen molar-refractivity contribution < 1.29 is 23.1 Å². The summed E-state index contributed by atoms with van der Waals surface area (Å²) in [7, 11) is -3.61. The lowest BCUT2D eigenvalue weighted by molar-refractivity contribution is -0.0965. The fraction of sp³-hybridized carbons (Fsp3) is 0.417. The number of aromatic carboxylic acids is 1. The number of nitrogens with one attached hydrogen (secondary N) is 1. The molecule has 0 atom stereocenters. The number of benzene rings is 1.